The molecule has 2 aromatic carbocycles. The number of rotatable bonds is 4. The van der Waals surface area contributed by atoms with E-state index in [1.54, 1.807) is 43.1 Å². The van der Waals surface area contributed by atoms with Gasteiger partial charge >= 0.3 is 0 Å². The molecule has 1 aliphatic heterocycles. The summed E-state index contributed by atoms with van der Waals surface area (Å²) < 4.78 is 16.7. The quantitative estimate of drug-likeness (QED) is 0.843. The summed E-state index contributed by atoms with van der Waals surface area (Å²) in [6, 6.07) is 10.8. The van der Waals surface area contributed by atoms with Gasteiger partial charge in [0.25, 0.3) is 5.91 Å². The molecule has 0 aromatic heterocycles. The number of carbonyl (C=O) groups is 1. The Hall–Kier alpha value is -2.34. The van der Waals surface area contributed by atoms with Gasteiger partial charge in [-0.2, -0.15) is 0 Å². The maximum atomic E-state index is 12.6. The Morgan fingerprint density at radius 3 is 2.58 bits per heavy atom. The third kappa shape index (κ3) is 3.28. The number of fused-ring (bicyclic) bond motifs is 1. The molecule has 0 radical (unpaired) electrons. The van der Waals surface area contributed by atoms with Crippen molar-refractivity contribution in [1.29, 1.82) is 0 Å². The first kappa shape index (κ1) is 16.5. The number of hydrogen-bond donors (Lipinski definition) is 1. The van der Waals surface area contributed by atoms with E-state index in [1.165, 1.54) is 0 Å². The first-order chi connectivity index (χ1) is 11.4. The minimum absolute atomic E-state index is 0.238. The molecule has 1 N–H and O–H groups in total. The van der Waals surface area contributed by atoms with Gasteiger partial charge in [-0.3, -0.25) is 4.79 Å². The van der Waals surface area contributed by atoms with Crippen LogP contribution in [0.15, 0.2) is 41.3 Å². The first-order valence-electron chi connectivity index (χ1n) is 7.47. The highest BCUT2D eigenvalue weighted by Gasteiger charge is 2.31. The second kappa shape index (κ2) is 6.28. The molecule has 0 bridgehead atoms. The van der Waals surface area contributed by atoms with Gasteiger partial charge in [-0.15, -0.1) is 11.8 Å². The average Bonchev–Trinajstić information content (AvgIpc) is 2.87. The number of nitrogens with one attached hydrogen (secondary N) is 1. The van der Waals surface area contributed by atoms with Gasteiger partial charge < -0.3 is 19.5 Å². The maximum absolute atomic E-state index is 12.6. The molecule has 126 valence electrons. The van der Waals surface area contributed by atoms with Crippen LogP contribution in [0.1, 0.15) is 24.2 Å². The number of anilines is 1. The van der Waals surface area contributed by atoms with Crippen molar-refractivity contribution < 1.29 is 19.0 Å². The molecule has 0 saturated heterocycles. The lowest BCUT2D eigenvalue weighted by Crippen LogP contribution is -2.29. The Kier molecular flexibility index (Phi) is 4.32. The summed E-state index contributed by atoms with van der Waals surface area (Å²) in [4.78, 5) is 13.6. The fraction of sp³-hybridized carbons (Fsp3) is 0.278. The predicted molar refractivity (Wildman–Crippen MR) is 94.5 cm³/mol. The fourth-order valence-electron chi connectivity index (χ4n) is 2.48. The number of carbonyl (C=O) groups excluding carboxylic acids is 1. The molecule has 0 aliphatic carbocycles. The van der Waals surface area contributed by atoms with Gasteiger partial charge in [-0.25, -0.2) is 0 Å². The molecular formula is C18H19NO4S. The molecule has 0 fully saturated rings. The number of benzene rings is 2. The summed E-state index contributed by atoms with van der Waals surface area (Å²) in [5.74, 6) is 0.892. The third-order valence-electron chi connectivity index (χ3n) is 3.57. The van der Waals surface area contributed by atoms with Crippen molar-refractivity contribution in [2.45, 2.75) is 24.5 Å². The van der Waals surface area contributed by atoms with E-state index in [0.29, 0.717) is 28.5 Å². The van der Waals surface area contributed by atoms with Crippen molar-refractivity contribution in [2.24, 2.45) is 0 Å². The highest BCUT2D eigenvalue weighted by atomic mass is 32.2. The highest BCUT2D eigenvalue weighted by Crippen LogP contribution is 2.40. The molecular weight excluding hydrogens is 326 g/mol. The van der Waals surface area contributed by atoms with Crippen molar-refractivity contribution in [3.63, 3.8) is 0 Å². The van der Waals surface area contributed by atoms with Crippen molar-refractivity contribution in [3.05, 3.63) is 42.0 Å². The minimum atomic E-state index is -0.693. The Bertz CT molecular complexity index is 789. The SMILES string of the molecule is COc1cc(SC)ccc1C(=O)Nc1ccc2c(c1)OC(C)(C)O2. The van der Waals surface area contributed by atoms with E-state index in [1.807, 2.05) is 32.2 Å². The van der Waals surface area contributed by atoms with E-state index in [4.69, 9.17) is 14.2 Å². The van der Waals surface area contributed by atoms with Crippen molar-refractivity contribution in [2.75, 3.05) is 18.7 Å². The van der Waals surface area contributed by atoms with Crippen LogP contribution < -0.4 is 19.5 Å². The summed E-state index contributed by atoms with van der Waals surface area (Å²) in [5, 5.41) is 2.87. The lowest BCUT2D eigenvalue weighted by Gasteiger charge is -2.16. The van der Waals surface area contributed by atoms with E-state index < -0.39 is 5.79 Å². The molecule has 2 aromatic rings. The molecule has 5 nitrogen and oxygen atoms in total. The molecule has 1 aliphatic rings. The standard InChI is InChI=1S/C18H19NO4S/c1-18(2)22-14-8-5-11(9-16(14)23-18)19-17(20)13-7-6-12(24-4)10-15(13)21-3/h5-10H,1-4H3,(H,19,20). The summed E-state index contributed by atoms with van der Waals surface area (Å²) in [6.45, 7) is 3.67. The molecule has 0 atom stereocenters. The van der Waals surface area contributed by atoms with Crippen LogP contribution in [0.25, 0.3) is 0 Å². The van der Waals surface area contributed by atoms with Crippen LogP contribution in [0.3, 0.4) is 0 Å². The monoisotopic (exact) mass is 345 g/mol. The smallest absolute Gasteiger partial charge is 0.259 e. The fourth-order valence-corrected chi connectivity index (χ4v) is 2.91. The van der Waals surface area contributed by atoms with Crippen LogP contribution in [0.5, 0.6) is 17.2 Å². The largest absolute Gasteiger partial charge is 0.496 e. The molecule has 1 heterocycles. The number of hydrogen-bond acceptors (Lipinski definition) is 5. The lowest BCUT2D eigenvalue weighted by molar-refractivity contribution is -0.0431. The van der Waals surface area contributed by atoms with Crippen LogP contribution in [0, 0.1) is 0 Å². The maximum Gasteiger partial charge on any atom is 0.259 e. The molecule has 0 saturated carbocycles. The first-order valence-corrected chi connectivity index (χ1v) is 8.70. The predicted octanol–water partition coefficient (Wildman–Crippen LogP) is 4.18. The van der Waals surface area contributed by atoms with Gasteiger partial charge in [-0.1, -0.05) is 0 Å². The van der Waals surface area contributed by atoms with Crippen LogP contribution in [-0.4, -0.2) is 25.1 Å². The number of thioether (sulfide) groups is 1. The summed E-state index contributed by atoms with van der Waals surface area (Å²) in [6.07, 6.45) is 1.97. The molecule has 0 unspecified atom stereocenters. The Morgan fingerprint density at radius 1 is 1.12 bits per heavy atom. The van der Waals surface area contributed by atoms with Crippen LogP contribution >= 0.6 is 11.8 Å². The highest BCUT2D eigenvalue weighted by molar-refractivity contribution is 7.98. The van der Waals surface area contributed by atoms with E-state index in [0.717, 1.165) is 4.90 Å². The normalized spacial score (nSPS) is 14.3. The molecule has 3 rings (SSSR count). The summed E-state index contributed by atoms with van der Waals surface area (Å²) >= 11 is 1.59. The van der Waals surface area contributed by atoms with Crippen LogP contribution in [0.2, 0.25) is 0 Å². The van der Waals surface area contributed by atoms with Gasteiger partial charge in [0, 0.05) is 30.5 Å². The van der Waals surface area contributed by atoms with E-state index in [9.17, 15) is 4.79 Å². The molecule has 1 amide bonds. The summed E-state index contributed by atoms with van der Waals surface area (Å²) in [5.41, 5.74) is 1.12. The number of ether oxygens (including phenoxy) is 3. The van der Waals surface area contributed by atoms with Crippen molar-refractivity contribution in [3.8, 4) is 17.2 Å². The van der Waals surface area contributed by atoms with Crippen LogP contribution in [0.4, 0.5) is 5.69 Å². The topological polar surface area (TPSA) is 56.8 Å². The van der Waals surface area contributed by atoms with Gasteiger partial charge in [0.2, 0.25) is 5.79 Å². The van der Waals surface area contributed by atoms with E-state index in [2.05, 4.69) is 5.32 Å². The molecule has 6 heteroatoms. The van der Waals surface area contributed by atoms with E-state index in [-0.39, 0.29) is 5.91 Å². The van der Waals surface area contributed by atoms with E-state index >= 15 is 0 Å². The minimum Gasteiger partial charge on any atom is -0.496 e. The Balaban J connectivity index is 1.81. The molecule has 24 heavy (non-hydrogen) atoms. The van der Waals surface area contributed by atoms with Crippen molar-refractivity contribution in [1.82, 2.24) is 0 Å². The van der Waals surface area contributed by atoms with Crippen molar-refractivity contribution >= 4 is 23.4 Å². The van der Waals surface area contributed by atoms with Gasteiger partial charge in [-0.05, 0) is 36.6 Å². The Labute approximate surface area is 145 Å². The number of amides is 1. The average molecular weight is 345 g/mol. The lowest BCUT2D eigenvalue weighted by atomic mass is 10.1. The zero-order chi connectivity index (χ0) is 17.3. The zero-order valence-electron chi connectivity index (χ0n) is 14.0. The molecule has 0 spiro atoms. The number of methoxy groups -OCH3 is 1. The second-order valence-electron chi connectivity index (χ2n) is 5.79. The van der Waals surface area contributed by atoms with Crippen LogP contribution in [-0.2, 0) is 0 Å². The Morgan fingerprint density at radius 2 is 1.88 bits per heavy atom. The van der Waals surface area contributed by atoms with Gasteiger partial charge in [0.1, 0.15) is 5.75 Å². The third-order valence-corrected chi connectivity index (χ3v) is 4.29. The van der Waals surface area contributed by atoms with Gasteiger partial charge in [0.15, 0.2) is 11.5 Å². The second-order valence-corrected chi connectivity index (χ2v) is 6.67. The van der Waals surface area contributed by atoms with Gasteiger partial charge in [0.05, 0.1) is 12.7 Å². The zero-order valence-corrected chi connectivity index (χ0v) is 14.8. The summed E-state index contributed by atoms with van der Waals surface area (Å²) in [7, 11) is 1.55.